The molecule has 1 aliphatic rings. The fourth-order valence-electron chi connectivity index (χ4n) is 6.20. The van der Waals surface area contributed by atoms with Crippen molar-refractivity contribution in [1.82, 2.24) is 0 Å². The molecule has 10 nitrogen and oxygen atoms in total. The summed E-state index contributed by atoms with van der Waals surface area (Å²) < 4.78 is 22.1. The lowest BCUT2D eigenvalue weighted by Crippen LogP contribution is -2.59. The first-order valence-electron chi connectivity index (χ1n) is 21.7. The van der Waals surface area contributed by atoms with Gasteiger partial charge in [-0.05, 0) is 70.6 Å². The molecule has 1 aliphatic heterocycles. The van der Waals surface area contributed by atoms with E-state index in [0.29, 0.717) is 19.3 Å². The Kier molecular flexibility index (Phi) is 33.2. The van der Waals surface area contributed by atoms with E-state index in [9.17, 15) is 30.0 Å². The smallest absolute Gasteiger partial charge is 0.306 e. The lowest BCUT2D eigenvalue weighted by molar-refractivity contribution is -0.305. The molecule has 0 aromatic carbocycles. The maximum atomic E-state index is 12.7. The summed E-state index contributed by atoms with van der Waals surface area (Å²) >= 11 is 0. The summed E-state index contributed by atoms with van der Waals surface area (Å²) in [5.41, 5.74) is 0. The number of allylic oxidation sites excluding steroid dienone is 8. The molecule has 55 heavy (non-hydrogen) atoms. The zero-order chi connectivity index (χ0) is 40.2. The van der Waals surface area contributed by atoms with Crippen molar-refractivity contribution in [3.63, 3.8) is 0 Å². The van der Waals surface area contributed by atoms with E-state index in [2.05, 4.69) is 56.4 Å². The van der Waals surface area contributed by atoms with Crippen LogP contribution in [-0.2, 0) is 28.5 Å². The van der Waals surface area contributed by atoms with Gasteiger partial charge in [0, 0.05) is 12.8 Å². The van der Waals surface area contributed by atoms with Crippen molar-refractivity contribution in [2.45, 2.75) is 205 Å². The van der Waals surface area contributed by atoms with Crippen LogP contribution in [0.4, 0.5) is 0 Å². The minimum Gasteiger partial charge on any atom is -0.462 e. The van der Waals surface area contributed by atoms with Crippen molar-refractivity contribution < 1.29 is 49.0 Å². The number of aliphatic hydroxyl groups excluding tert-OH is 4. The van der Waals surface area contributed by atoms with Crippen LogP contribution in [0, 0.1) is 0 Å². The normalized spacial score (nSPS) is 21.0. The van der Waals surface area contributed by atoms with Crippen molar-refractivity contribution in [3.8, 4) is 0 Å². The highest BCUT2D eigenvalue weighted by Crippen LogP contribution is 2.22. The Morgan fingerprint density at radius 1 is 0.564 bits per heavy atom. The van der Waals surface area contributed by atoms with Gasteiger partial charge in [0.25, 0.3) is 0 Å². The van der Waals surface area contributed by atoms with Gasteiger partial charge in [0.15, 0.2) is 12.4 Å². The third kappa shape index (κ3) is 27.8. The highest BCUT2D eigenvalue weighted by molar-refractivity contribution is 5.70. The predicted octanol–water partition coefficient (Wildman–Crippen LogP) is 8.88. The molecule has 6 atom stereocenters. The molecule has 0 bridgehead atoms. The molecular weight excluding hydrogens is 700 g/mol. The van der Waals surface area contributed by atoms with Crippen molar-refractivity contribution >= 4 is 11.9 Å². The molecule has 2 unspecified atom stereocenters. The number of carbonyl (C=O) groups is 2. The SMILES string of the molecule is CCCCCC/C=C/CCCCCCCC(=O)OC[C@H](CO[C@@H]1O[C@H](CO)[C@H](O)C(O)C1O)OC(=O)CCC/C=C/C/C=C/C/C=C/CCCCCCCC. The van der Waals surface area contributed by atoms with Gasteiger partial charge in [-0.15, -0.1) is 0 Å². The Hall–Kier alpha value is -2.34. The van der Waals surface area contributed by atoms with Gasteiger partial charge in [-0.3, -0.25) is 9.59 Å². The molecule has 318 valence electrons. The van der Waals surface area contributed by atoms with E-state index in [1.54, 1.807) is 0 Å². The number of unbranched alkanes of at least 4 members (excludes halogenated alkanes) is 16. The molecule has 0 spiro atoms. The third-order valence-electron chi connectivity index (χ3n) is 9.69. The zero-order valence-corrected chi connectivity index (χ0v) is 34.4. The van der Waals surface area contributed by atoms with Gasteiger partial charge in [0.05, 0.1) is 13.2 Å². The fraction of sp³-hybridized carbons (Fsp3) is 0.778. The molecule has 10 heteroatoms. The highest BCUT2D eigenvalue weighted by Gasteiger charge is 2.44. The number of aliphatic hydroxyl groups is 4. The van der Waals surface area contributed by atoms with Crippen LogP contribution in [0.5, 0.6) is 0 Å². The number of hydrogen-bond donors (Lipinski definition) is 4. The lowest BCUT2D eigenvalue weighted by Gasteiger charge is -2.39. The van der Waals surface area contributed by atoms with Crippen LogP contribution >= 0.6 is 0 Å². The fourth-order valence-corrected chi connectivity index (χ4v) is 6.20. The third-order valence-corrected chi connectivity index (χ3v) is 9.69. The summed E-state index contributed by atoms with van der Waals surface area (Å²) in [6.45, 7) is 3.33. The molecule has 1 heterocycles. The minimum absolute atomic E-state index is 0.156. The topological polar surface area (TPSA) is 152 Å². The van der Waals surface area contributed by atoms with Crippen LogP contribution in [0.1, 0.15) is 168 Å². The number of hydrogen-bond acceptors (Lipinski definition) is 10. The van der Waals surface area contributed by atoms with Crippen molar-refractivity contribution in [3.05, 3.63) is 48.6 Å². The lowest BCUT2D eigenvalue weighted by atomic mass is 9.99. The van der Waals surface area contributed by atoms with Crippen molar-refractivity contribution in [1.29, 1.82) is 0 Å². The Morgan fingerprint density at radius 3 is 1.62 bits per heavy atom. The summed E-state index contributed by atoms with van der Waals surface area (Å²) in [7, 11) is 0. The molecule has 1 saturated heterocycles. The molecule has 1 fully saturated rings. The summed E-state index contributed by atoms with van der Waals surface area (Å²) in [5.74, 6) is -0.880. The largest absolute Gasteiger partial charge is 0.462 e. The van der Waals surface area contributed by atoms with E-state index in [1.807, 2.05) is 6.08 Å². The second-order valence-corrected chi connectivity index (χ2v) is 14.8. The van der Waals surface area contributed by atoms with E-state index < -0.39 is 55.4 Å². The first-order valence-corrected chi connectivity index (χ1v) is 21.7. The zero-order valence-electron chi connectivity index (χ0n) is 34.4. The van der Waals surface area contributed by atoms with Gasteiger partial charge in [-0.1, -0.05) is 133 Å². The van der Waals surface area contributed by atoms with Gasteiger partial charge in [-0.2, -0.15) is 0 Å². The van der Waals surface area contributed by atoms with Crippen molar-refractivity contribution in [2.24, 2.45) is 0 Å². The monoisotopic (exact) mass is 779 g/mol. The Labute approximate surface area is 333 Å². The quantitative estimate of drug-likeness (QED) is 0.0279. The maximum Gasteiger partial charge on any atom is 0.306 e. The van der Waals surface area contributed by atoms with Crippen LogP contribution in [-0.4, -0.2) is 89.0 Å². The second kappa shape index (κ2) is 36.0. The number of rotatable bonds is 35. The van der Waals surface area contributed by atoms with E-state index in [4.69, 9.17) is 18.9 Å². The maximum absolute atomic E-state index is 12.7. The highest BCUT2D eigenvalue weighted by atomic mass is 16.7. The van der Waals surface area contributed by atoms with Crippen LogP contribution in [0.3, 0.4) is 0 Å². The molecule has 0 amide bonds. The summed E-state index contributed by atoms with van der Waals surface area (Å²) in [5, 5.41) is 40.0. The molecule has 0 aliphatic carbocycles. The number of esters is 2. The van der Waals surface area contributed by atoms with Crippen LogP contribution < -0.4 is 0 Å². The first-order chi connectivity index (χ1) is 26.8. The van der Waals surface area contributed by atoms with Gasteiger partial charge in [-0.25, -0.2) is 0 Å². The van der Waals surface area contributed by atoms with E-state index in [1.165, 1.54) is 64.2 Å². The second-order valence-electron chi connectivity index (χ2n) is 14.8. The van der Waals surface area contributed by atoms with Crippen molar-refractivity contribution in [2.75, 3.05) is 19.8 Å². The minimum atomic E-state index is -1.60. The summed E-state index contributed by atoms with van der Waals surface area (Å²) in [4.78, 5) is 25.2. The molecule has 0 radical (unpaired) electrons. The molecular formula is C45H78O10. The Morgan fingerprint density at radius 2 is 1.04 bits per heavy atom. The molecule has 0 aromatic rings. The molecule has 0 aromatic heterocycles. The average Bonchev–Trinajstić information content (AvgIpc) is 3.18. The van der Waals surface area contributed by atoms with Crippen LogP contribution in [0.2, 0.25) is 0 Å². The molecule has 4 N–H and O–H groups in total. The van der Waals surface area contributed by atoms with E-state index in [-0.39, 0.29) is 26.1 Å². The van der Waals surface area contributed by atoms with Gasteiger partial charge in [0.1, 0.15) is 31.0 Å². The molecule has 1 rings (SSSR count). The van der Waals surface area contributed by atoms with E-state index >= 15 is 0 Å². The van der Waals surface area contributed by atoms with Gasteiger partial charge < -0.3 is 39.4 Å². The average molecular weight is 779 g/mol. The number of carbonyl (C=O) groups excluding carboxylic acids is 2. The van der Waals surface area contributed by atoms with Gasteiger partial charge in [0.2, 0.25) is 0 Å². The number of ether oxygens (including phenoxy) is 4. The van der Waals surface area contributed by atoms with E-state index in [0.717, 1.165) is 57.8 Å². The standard InChI is InChI=1S/C45H78O10/c1-3-5-7-9-11-13-15-17-18-19-20-22-24-26-28-30-32-34-41(48)54-38(37-53-45-44(51)43(50)42(49)39(35-46)55-45)36-52-40(47)33-31-29-27-25-23-21-16-14-12-10-8-6-4-2/h14,16-18,20,22,26,28,38-39,42-46,49-51H,3-13,15,19,21,23-25,27,29-37H2,1-2H3/b16-14+,18-17+,22-20+,28-26+/t38-,39-,42+,43?,44?,45-/m1/s1. The summed E-state index contributed by atoms with van der Waals surface area (Å²) in [6.07, 6.45) is 34.1. The van der Waals surface area contributed by atoms with Crippen LogP contribution in [0.25, 0.3) is 0 Å². The van der Waals surface area contributed by atoms with Crippen LogP contribution in [0.15, 0.2) is 48.6 Å². The first kappa shape index (κ1) is 50.7. The molecule has 0 saturated carbocycles. The predicted molar refractivity (Wildman–Crippen MR) is 219 cm³/mol. The van der Waals surface area contributed by atoms with Gasteiger partial charge >= 0.3 is 11.9 Å². The Bertz CT molecular complexity index is 1040. The summed E-state index contributed by atoms with van der Waals surface area (Å²) in [6, 6.07) is 0. The Balaban J connectivity index is 2.40.